The van der Waals surface area contributed by atoms with E-state index in [1.165, 1.54) is 36.5 Å². The number of anilines is 1. The molecule has 3 rings (SSSR count). The summed E-state index contributed by atoms with van der Waals surface area (Å²) < 4.78 is 0. The van der Waals surface area contributed by atoms with Gasteiger partial charge in [0.05, 0.1) is 0 Å². The second kappa shape index (κ2) is 6.01. The van der Waals surface area contributed by atoms with Gasteiger partial charge in [-0.1, -0.05) is 31.2 Å². The molecule has 1 aliphatic rings. The van der Waals surface area contributed by atoms with Crippen LogP contribution < -0.4 is 4.90 Å². The van der Waals surface area contributed by atoms with Crippen LogP contribution in [0, 0.1) is 0 Å². The van der Waals surface area contributed by atoms with E-state index in [1.807, 2.05) is 6.20 Å². The molecule has 1 atom stereocenters. The van der Waals surface area contributed by atoms with Gasteiger partial charge in [-0.05, 0) is 36.6 Å². The molecule has 1 aromatic carbocycles. The highest BCUT2D eigenvalue weighted by molar-refractivity contribution is 6.18. The number of hydrogen-bond donors (Lipinski definition) is 0. The third-order valence-corrected chi connectivity index (χ3v) is 4.66. The number of aromatic nitrogens is 1. The molecular formula is C17H21ClN2. The molecule has 106 valence electrons. The summed E-state index contributed by atoms with van der Waals surface area (Å²) in [4.78, 5) is 7.24. The van der Waals surface area contributed by atoms with Crippen LogP contribution in [0.5, 0.6) is 0 Å². The molecule has 0 aliphatic carbocycles. The highest BCUT2D eigenvalue weighted by atomic mass is 35.5. The van der Waals surface area contributed by atoms with E-state index >= 15 is 0 Å². The minimum absolute atomic E-state index is 0.519. The second-order valence-corrected chi connectivity index (χ2v) is 5.80. The van der Waals surface area contributed by atoms with Gasteiger partial charge in [0.2, 0.25) is 0 Å². The second-order valence-electron chi connectivity index (χ2n) is 5.54. The molecule has 0 saturated carbocycles. The molecule has 2 nitrogen and oxygen atoms in total. The molecule has 1 unspecified atom stereocenters. The van der Waals surface area contributed by atoms with Crippen LogP contribution in [0.1, 0.15) is 38.2 Å². The molecule has 1 saturated heterocycles. The van der Waals surface area contributed by atoms with Gasteiger partial charge >= 0.3 is 0 Å². The Labute approximate surface area is 125 Å². The molecule has 20 heavy (non-hydrogen) atoms. The molecule has 0 radical (unpaired) electrons. The molecule has 3 heteroatoms. The molecule has 2 aromatic rings. The van der Waals surface area contributed by atoms with Gasteiger partial charge in [0.1, 0.15) is 5.82 Å². The molecule has 0 spiro atoms. The van der Waals surface area contributed by atoms with Gasteiger partial charge in [-0.25, -0.2) is 4.98 Å². The first-order valence-electron chi connectivity index (χ1n) is 7.54. The van der Waals surface area contributed by atoms with Crippen molar-refractivity contribution in [3.05, 3.63) is 36.0 Å². The SMILES string of the molecule is CCC1CCCCN1c1ncc(CCl)c2ccccc12. The summed E-state index contributed by atoms with van der Waals surface area (Å²) in [5.41, 5.74) is 1.12. The van der Waals surface area contributed by atoms with Crippen LogP contribution in [-0.2, 0) is 5.88 Å². The maximum Gasteiger partial charge on any atom is 0.136 e. The average Bonchev–Trinajstić information content (AvgIpc) is 2.53. The standard InChI is InChI=1S/C17H21ClN2/c1-2-14-7-5-6-10-20(14)17-16-9-4-3-8-15(16)13(11-18)12-19-17/h3-4,8-9,12,14H,2,5-7,10-11H2,1H3. The van der Waals surface area contributed by atoms with E-state index in [0.717, 1.165) is 17.9 Å². The summed E-state index contributed by atoms with van der Waals surface area (Å²) in [6.07, 6.45) is 7.03. The van der Waals surface area contributed by atoms with Crippen molar-refractivity contribution in [3.8, 4) is 0 Å². The van der Waals surface area contributed by atoms with Crippen molar-refractivity contribution in [2.45, 2.75) is 44.5 Å². The Morgan fingerprint density at radius 2 is 2.05 bits per heavy atom. The number of alkyl halides is 1. The first kappa shape index (κ1) is 13.7. The van der Waals surface area contributed by atoms with Crippen LogP contribution in [0.15, 0.2) is 30.5 Å². The van der Waals surface area contributed by atoms with Gasteiger partial charge in [0, 0.05) is 30.0 Å². The van der Waals surface area contributed by atoms with Crippen molar-refractivity contribution < 1.29 is 0 Å². The van der Waals surface area contributed by atoms with Gasteiger partial charge in [-0.3, -0.25) is 0 Å². The van der Waals surface area contributed by atoms with Crippen LogP contribution in [0.3, 0.4) is 0 Å². The Bertz CT molecular complexity index is 597. The van der Waals surface area contributed by atoms with Crippen LogP contribution in [0.4, 0.5) is 5.82 Å². The summed E-state index contributed by atoms with van der Waals surface area (Å²) in [6, 6.07) is 9.13. The van der Waals surface area contributed by atoms with Gasteiger partial charge in [-0.2, -0.15) is 0 Å². The number of rotatable bonds is 3. The molecular weight excluding hydrogens is 268 g/mol. The molecule has 1 aromatic heterocycles. The van der Waals surface area contributed by atoms with Gasteiger partial charge in [0.25, 0.3) is 0 Å². The number of benzene rings is 1. The van der Waals surface area contributed by atoms with E-state index in [-0.39, 0.29) is 0 Å². The van der Waals surface area contributed by atoms with Crippen LogP contribution in [0.25, 0.3) is 10.8 Å². The zero-order valence-electron chi connectivity index (χ0n) is 12.0. The number of piperidine rings is 1. The Hall–Kier alpha value is -1.28. The quantitative estimate of drug-likeness (QED) is 0.758. The first-order valence-corrected chi connectivity index (χ1v) is 8.07. The lowest BCUT2D eigenvalue weighted by Gasteiger charge is -2.37. The van der Waals surface area contributed by atoms with Gasteiger partial charge in [-0.15, -0.1) is 11.6 Å². The van der Waals surface area contributed by atoms with Crippen molar-refractivity contribution in [2.24, 2.45) is 0 Å². The van der Waals surface area contributed by atoms with Crippen molar-refractivity contribution in [3.63, 3.8) is 0 Å². The Morgan fingerprint density at radius 3 is 2.80 bits per heavy atom. The molecule has 0 N–H and O–H groups in total. The lowest BCUT2D eigenvalue weighted by Crippen LogP contribution is -2.39. The third kappa shape index (κ3) is 2.37. The Balaban J connectivity index is 2.11. The zero-order chi connectivity index (χ0) is 13.9. The molecule has 1 aliphatic heterocycles. The van der Waals surface area contributed by atoms with Crippen LogP contribution >= 0.6 is 11.6 Å². The third-order valence-electron chi connectivity index (χ3n) is 4.37. The predicted octanol–water partition coefficient (Wildman–Crippen LogP) is 4.74. The largest absolute Gasteiger partial charge is 0.353 e. The van der Waals surface area contributed by atoms with Crippen LogP contribution in [-0.4, -0.2) is 17.6 Å². The summed E-state index contributed by atoms with van der Waals surface area (Å²) in [5.74, 6) is 1.66. The maximum atomic E-state index is 6.05. The predicted molar refractivity (Wildman–Crippen MR) is 86.6 cm³/mol. The van der Waals surface area contributed by atoms with Crippen molar-refractivity contribution in [1.29, 1.82) is 0 Å². The van der Waals surface area contributed by atoms with E-state index in [1.54, 1.807) is 0 Å². The number of nitrogens with zero attached hydrogens (tertiary/aromatic N) is 2. The Morgan fingerprint density at radius 1 is 1.25 bits per heavy atom. The van der Waals surface area contributed by atoms with Crippen LogP contribution in [0.2, 0.25) is 0 Å². The summed E-state index contributed by atoms with van der Waals surface area (Å²) in [6.45, 7) is 3.40. The lowest BCUT2D eigenvalue weighted by atomic mass is 9.98. The fourth-order valence-electron chi connectivity index (χ4n) is 3.28. The minimum Gasteiger partial charge on any atom is -0.353 e. The highest BCUT2D eigenvalue weighted by Crippen LogP contribution is 2.32. The lowest BCUT2D eigenvalue weighted by molar-refractivity contribution is 0.448. The summed E-state index contributed by atoms with van der Waals surface area (Å²) >= 11 is 6.05. The monoisotopic (exact) mass is 288 g/mol. The van der Waals surface area contributed by atoms with Gasteiger partial charge < -0.3 is 4.90 Å². The zero-order valence-corrected chi connectivity index (χ0v) is 12.7. The molecule has 0 bridgehead atoms. The fourth-order valence-corrected chi connectivity index (χ4v) is 3.49. The molecule has 2 heterocycles. The molecule has 1 fully saturated rings. The van der Waals surface area contributed by atoms with E-state index in [0.29, 0.717) is 11.9 Å². The van der Waals surface area contributed by atoms with E-state index < -0.39 is 0 Å². The maximum absolute atomic E-state index is 6.05. The molecule has 0 amide bonds. The van der Waals surface area contributed by atoms with Gasteiger partial charge in [0.15, 0.2) is 0 Å². The van der Waals surface area contributed by atoms with E-state index in [9.17, 15) is 0 Å². The first-order chi connectivity index (χ1) is 9.85. The fraction of sp³-hybridized carbons (Fsp3) is 0.471. The highest BCUT2D eigenvalue weighted by Gasteiger charge is 2.23. The summed E-state index contributed by atoms with van der Waals surface area (Å²) in [7, 11) is 0. The minimum atomic E-state index is 0.519. The number of fused-ring (bicyclic) bond motifs is 1. The topological polar surface area (TPSA) is 16.1 Å². The smallest absolute Gasteiger partial charge is 0.136 e. The average molecular weight is 289 g/mol. The van der Waals surface area contributed by atoms with E-state index in [2.05, 4.69) is 36.1 Å². The summed E-state index contributed by atoms with van der Waals surface area (Å²) in [5, 5.41) is 2.49. The number of pyridine rings is 1. The van der Waals surface area contributed by atoms with E-state index in [4.69, 9.17) is 16.6 Å². The number of hydrogen-bond acceptors (Lipinski definition) is 2. The van der Waals surface area contributed by atoms with Crippen molar-refractivity contribution >= 4 is 28.2 Å². The Kier molecular flexibility index (Phi) is 4.11. The van der Waals surface area contributed by atoms with Crippen molar-refractivity contribution in [2.75, 3.05) is 11.4 Å². The number of halogens is 1. The van der Waals surface area contributed by atoms with Crippen molar-refractivity contribution in [1.82, 2.24) is 4.98 Å². The normalized spacial score (nSPS) is 19.5.